The van der Waals surface area contributed by atoms with Gasteiger partial charge in [-0.3, -0.25) is 14.2 Å². The van der Waals surface area contributed by atoms with Crippen molar-refractivity contribution in [3.05, 3.63) is 99.6 Å². The normalized spacial score (nSPS) is 10.9. The molecule has 1 heterocycles. The molecule has 0 radical (unpaired) electrons. The average Bonchev–Trinajstić information content (AvgIpc) is 2.76. The maximum Gasteiger partial charge on any atom is 0.265 e. The van der Waals surface area contributed by atoms with Crippen LogP contribution in [-0.4, -0.2) is 15.5 Å². The van der Waals surface area contributed by atoms with Gasteiger partial charge in [0.15, 0.2) is 0 Å². The lowest BCUT2D eigenvalue weighted by Crippen LogP contribution is -2.22. The smallest absolute Gasteiger partial charge is 0.265 e. The Morgan fingerprint density at radius 1 is 1.03 bits per heavy atom. The van der Waals surface area contributed by atoms with Gasteiger partial charge in [0.05, 0.1) is 27.3 Å². The highest BCUT2D eigenvalue weighted by molar-refractivity contribution is 6.33. The number of fused-ring (bicyclic) bond motifs is 1. The Kier molecular flexibility index (Phi) is 6.14. The largest absolute Gasteiger partial charge is 0.325 e. The molecule has 156 valence electrons. The number of nitrogens with one attached hydrogen (secondary N) is 1. The van der Waals surface area contributed by atoms with Crippen LogP contribution in [0.2, 0.25) is 5.02 Å². The molecule has 31 heavy (non-hydrogen) atoms. The zero-order valence-corrected chi connectivity index (χ0v) is 17.9. The van der Waals surface area contributed by atoms with Crippen LogP contribution in [0.15, 0.2) is 77.6 Å². The van der Waals surface area contributed by atoms with E-state index < -0.39 is 0 Å². The second kappa shape index (κ2) is 9.14. The third-order valence-corrected chi connectivity index (χ3v) is 5.47. The number of hydrogen-bond acceptors (Lipinski definition) is 3. The Hall–Kier alpha value is -3.44. The lowest BCUT2D eigenvalue weighted by molar-refractivity contribution is -0.116. The Balaban J connectivity index is 1.54. The van der Waals surface area contributed by atoms with Crippen molar-refractivity contribution in [2.45, 2.75) is 26.2 Å². The quantitative estimate of drug-likeness (QED) is 0.450. The van der Waals surface area contributed by atoms with E-state index in [9.17, 15) is 9.59 Å². The molecule has 0 aliphatic heterocycles. The summed E-state index contributed by atoms with van der Waals surface area (Å²) in [4.78, 5) is 30.0. The van der Waals surface area contributed by atoms with Crippen molar-refractivity contribution in [3.8, 4) is 5.69 Å². The van der Waals surface area contributed by atoms with Crippen LogP contribution in [0, 0.1) is 6.92 Å². The van der Waals surface area contributed by atoms with E-state index in [1.807, 2.05) is 36.4 Å². The van der Waals surface area contributed by atoms with Gasteiger partial charge in [0.2, 0.25) is 5.91 Å². The lowest BCUT2D eigenvalue weighted by atomic mass is 10.1. The Labute approximate surface area is 185 Å². The number of carbonyl (C=O) groups is 1. The SMILES string of the molecule is Cc1nc2ccccc2c(=O)n1-c1ccc(Cl)c(NC(=O)CCCc2ccccc2)c1. The molecule has 0 aliphatic carbocycles. The van der Waals surface area contributed by atoms with Crippen LogP contribution < -0.4 is 10.9 Å². The fourth-order valence-electron chi connectivity index (χ4n) is 3.61. The molecule has 0 aliphatic rings. The molecular weight excluding hydrogens is 410 g/mol. The van der Waals surface area contributed by atoms with E-state index in [0.29, 0.717) is 39.5 Å². The van der Waals surface area contributed by atoms with Gasteiger partial charge in [-0.2, -0.15) is 0 Å². The number of rotatable bonds is 6. The highest BCUT2D eigenvalue weighted by Crippen LogP contribution is 2.25. The van der Waals surface area contributed by atoms with Crippen LogP contribution in [-0.2, 0) is 11.2 Å². The number of aryl methyl sites for hydroxylation is 2. The van der Waals surface area contributed by atoms with Gasteiger partial charge in [0, 0.05) is 6.42 Å². The molecule has 1 amide bonds. The third-order valence-electron chi connectivity index (χ3n) is 5.14. The van der Waals surface area contributed by atoms with Crippen molar-refractivity contribution >= 4 is 34.1 Å². The molecule has 0 fully saturated rings. The summed E-state index contributed by atoms with van der Waals surface area (Å²) in [7, 11) is 0. The Morgan fingerprint density at radius 3 is 2.58 bits per heavy atom. The van der Waals surface area contributed by atoms with Crippen LogP contribution in [0.25, 0.3) is 16.6 Å². The highest BCUT2D eigenvalue weighted by atomic mass is 35.5. The van der Waals surface area contributed by atoms with E-state index in [2.05, 4.69) is 22.4 Å². The van der Waals surface area contributed by atoms with Crippen LogP contribution in [0.5, 0.6) is 0 Å². The number of benzene rings is 3. The summed E-state index contributed by atoms with van der Waals surface area (Å²) >= 11 is 6.31. The van der Waals surface area contributed by atoms with Crippen LogP contribution in [0.1, 0.15) is 24.2 Å². The number of anilines is 1. The number of nitrogens with zero attached hydrogens (tertiary/aromatic N) is 2. The first kappa shape index (κ1) is 20.8. The van der Waals surface area contributed by atoms with E-state index in [1.54, 1.807) is 31.2 Å². The minimum Gasteiger partial charge on any atom is -0.325 e. The number of amides is 1. The van der Waals surface area contributed by atoms with Gasteiger partial charge >= 0.3 is 0 Å². The van der Waals surface area contributed by atoms with Crippen molar-refractivity contribution in [1.82, 2.24) is 9.55 Å². The van der Waals surface area contributed by atoms with Gasteiger partial charge in [-0.15, -0.1) is 0 Å². The van der Waals surface area contributed by atoms with Crippen molar-refractivity contribution in [2.75, 3.05) is 5.32 Å². The second-order valence-corrected chi connectivity index (χ2v) is 7.78. The van der Waals surface area contributed by atoms with Gasteiger partial charge in [-0.05, 0) is 55.7 Å². The van der Waals surface area contributed by atoms with E-state index in [4.69, 9.17) is 11.6 Å². The van der Waals surface area contributed by atoms with Gasteiger partial charge < -0.3 is 5.32 Å². The van der Waals surface area contributed by atoms with Crippen molar-refractivity contribution in [1.29, 1.82) is 0 Å². The molecule has 4 rings (SSSR count). The summed E-state index contributed by atoms with van der Waals surface area (Å²) in [6.45, 7) is 1.78. The lowest BCUT2D eigenvalue weighted by Gasteiger charge is -2.14. The van der Waals surface area contributed by atoms with Gasteiger partial charge in [0.1, 0.15) is 5.82 Å². The van der Waals surface area contributed by atoms with E-state index in [0.717, 1.165) is 12.8 Å². The van der Waals surface area contributed by atoms with Crippen molar-refractivity contribution in [2.24, 2.45) is 0 Å². The number of para-hydroxylation sites is 1. The first-order chi connectivity index (χ1) is 15.0. The topological polar surface area (TPSA) is 64.0 Å². The summed E-state index contributed by atoms with van der Waals surface area (Å²) in [5.74, 6) is 0.446. The predicted molar refractivity (Wildman–Crippen MR) is 125 cm³/mol. The summed E-state index contributed by atoms with van der Waals surface area (Å²) in [5.41, 5.74) is 2.77. The molecule has 0 unspecified atom stereocenters. The highest BCUT2D eigenvalue weighted by Gasteiger charge is 2.13. The summed E-state index contributed by atoms with van der Waals surface area (Å²) in [6, 6.07) is 22.4. The molecule has 6 heteroatoms. The first-order valence-corrected chi connectivity index (χ1v) is 10.5. The molecule has 0 bridgehead atoms. The minimum absolute atomic E-state index is 0.115. The van der Waals surface area contributed by atoms with E-state index in [-0.39, 0.29) is 11.5 Å². The molecule has 4 aromatic rings. The standard InChI is InChI=1S/C25H22ClN3O2/c1-17-27-22-12-6-5-11-20(22)25(31)29(17)19-14-15-21(26)23(16-19)28-24(30)13-7-10-18-8-3-2-4-9-18/h2-6,8-9,11-12,14-16H,7,10,13H2,1H3,(H,28,30). The summed E-state index contributed by atoms with van der Waals surface area (Å²) < 4.78 is 1.53. The molecule has 0 saturated carbocycles. The molecule has 0 saturated heterocycles. The van der Waals surface area contributed by atoms with Gasteiger partial charge in [0.25, 0.3) is 5.56 Å². The van der Waals surface area contributed by atoms with E-state index >= 15 is 0 Å². The first-order valence-electron chi connectivity index (χ1n) is 10.1. The van der Waals surface area contributed by atoms with Crippen LogP contribution in [0.3, 0.4) is 0 Å². The van der Waals surface area contributed by atoms with Crippen molar-refractivity contribution in [3.63, 3.8) is 0 Å². The maximum absolute atomic E-state index is 13.0. The molecule has 0 atom stereocenters. The average molecular weight is 432 g/mol. The van der Waals surface area contributed by atoms with Gasteiger partial charge in [-0.25, -0.2) is 4.98 Å². The molecule has 1 N–H and O–H groups in total. The third kappa shape index (κ3) is 4.67. The fourth-order valence-corrected chi connectivity index (χ4v) is 3.77. The molecule has 0 spiro atoms. The van der Waals surface area contributed by atoms with E-state index in [1.165, 1.54) is 10.1 Å². The number of carbonyl (C=O) groups excluding carboxylic acids is 1. The van der Waals surface area contributed by atoms with Crippen LogP contribution >= 0.6 is 11.6 Å². The Bertz CT molecular complexity index is 1300. The molecule has 5 nitrogen and oxygen atoms in total. The van der Waals surface area contributed by atoms with Gasteiger partial charge in [-0.1, -0.05) is 54.1 Å². The summed E-state index contributed by atoms with van der Waals surface area (Å²) in [6.07, 6.45) is 1.95. The van der Waals surface area contributed by atoms with Crippen LogP contribution in [0.4, 0.5) is 5.69 Å². The zero-order chi connectivity index (χ0) is 21.8. The number of aromatic nitrogens is 2. The predicted octanol–water partition coefficient (Wildman–Crippen LogP) is 5.31. The second-order valence-electron chi connectivity index (χ2n) is 7.37. The number of hydrogen-bond donors (Lipinski definition) is 1. The maximum atomic E-state index is 13.0. The zero-order valence-electron chi connectivity index (χ0n) is 17.1. The number of halogens is 1. The molecule has 3 aromatic carbocycles. The molecule has 1 aromatic heterocycles. The molecular formula is C25H22ClN3O2. The minimum atomic E-state index is -0.162. The fraction of sp³-hybridized carbons (Fsp3) is 0.160. The Morgan fingerprint density at radius 2 is 1.77 bits per heavy atom. The summed E-state index contributed by atoms with van der Waals surface area (Å²) in [5, 5.41) is 3.83. The monoisotopic (exact) mass is 431 g/mol. The van der Waals surface area contributed by atoms with Crippen molar-refractivity contribution < 1.29 is 4.79 Å².